The number of para-hydroxylation sites is 1. The van der Waals surface area contributed by atoms with Crippen LogP contribution in [-0.2, 0) is 0 Å². The van der Waals surface area contributed by atoms with Gasteiger partial charge in [-0.3, -0.25) is 9.59 Å². The number of benzene rings is 2. The summed E-state index contributed by atoms with van der Waals surface area (Å²) in [6.07, 6.45) is 4.36. The van der Waals surface area contributed by atoms with Crippen molar-refractivity contribution in [2.45, 2.75) is 31.7 Å². The molecule has 132 valence electrons. The van der Waals surface area contributed by atoms with Gasteiger partial charge < -0.3 is 4.90 Å². The normalized spacial score (nSPS) is 14.7. The van der Waals surface area contributed by atoms with Gasteiger partial charge in [-0.2, -0.15) is 9.78 Å². The van der Waals surface area contributed by atoms with Gasteiger partial charge in [0.1, 0.15) is 0 Å². The van der Waals surface area contributed by atoms with Crippen LogP contribution in [0.2, 0.25) is 0 Å². The van der Waals surface area contributed by atoms with E-state index in [9.17, 15) is 9.59 Å². The molecule has 26 heavy (non-hydrogen) atoms. The van der Waals surface area contributed by atoms with E-state index in [-0.39, 0.29) is 17.5 Å². The highest BCUT2D eigenvalue weighted by Crippen LogP contribution is 2.25. The van der Waals surface area contributed by atoms with Crippen LogP contribution in [0, 0.1) is 0 Å². The average Bonchev–Trinajstić information content (AvgIpc) is 3.23. The molecule has 4 rings (SSSR count). The van der Waals surface area contributed by atoms with E-state index >= 15 is 0 Å². The minimum Gasteiger partial charge on any atom is -0.337 e. The summed E-state index contributed by atoms with van der Waals surface area (Å²) >= 11 is 0. The van der Waals surface area contributed by atoms with E-state index in [1.54, 1.807) is 17.0 Å². The summed E-state index contributed by atoms with van der Waals surface area (Å²) in [5, 5.41) is 5.60. The Morgan fingerprint density at radius 2 is 1.62 bits per heavy atom. The summed E-state index contributed by atoms with van der Waals surface area (Å²) in [7, 11) is 1.84. The molecular formula is C21H21N3O2. The van der Waals surface area contributed by atoms with E-state index in [0.29, 0.717) is 22.2 Å². The van der Waals surface area contributed by atoms with E-state index in [0.717, 1.165) is 25.7 Å². The van der Waals surface area contributed by atoms with Crippen molar-refractivity contribution in [1.82, 2.24) is 14.7 Å². The quantitative estimate of drug-likeness (QED) is 0.730. The molecule has 0 unspecified atom stereocenters. The van der Waals surface area contributed by atoms with Gasteiger partial charge in [0.15, 0.2) is 5.69 Å². The van der Waals surface area contributed by atoms with Gasteiger partial charge in [0.25, 0.3) is 11.5 Å². The Morgan fingerprint density at radius 1 is 1.00 bits per heavy atom. The second-order valence-electron chi connectivity index (χ2n) is 6.80. The van der Waals surface area contributed by atoms with Crippen LogP contribution in [-0.4, -0.2) is 33.7 Å². The van der Waals surface area contributed by atoms with Gasteiger partial charge in [-0.1, -0.05) is 49.2 Å². The van der Waals surface area contributed by atoms with Gasteiger partial charge in [0, 0.05) is 18.5 Å². The van der Waals surface area contributed by atoms with Crippen LogP contribution < -0.4 is 5.56 Å². The molecular weight excluding hydrogens is 326 g/mol. The smallest absolute Gasteiger partial charge is 0.279 e. The molecule has 1 fully saturated rings. The highest BCUT2D eigenvalue weighted by Gasteiger charge is 2.27. The molecule has 0 radical (unpaired) electrons. The molecule has 0 aliphatic heterocycles. The first-order valence-electron chi connectivity index (χ1n) is 9.01. The van der Waals surface area contributed by atoms with Gasteiger partial charge in [-0.15, -0.1) is 0 Å². The predicted molar refractivity (Wildman–Crippen MR) is 102 cm³/mol. The van der Waals surface area contributed by atoms with Crippen LogP contribution in [0.25, 0.3) is 16.5 Å². The van der Waals surface area contributed by atoms with Gasteiger partial charge in [0.05, 0.1) is 11.1 Å². The van der Waals surface area contributed by atoms with Crippen LogP contribution in [0.5, 0.6) is 0 Å². The molecule has 5 heteroatoms. The molecule has 1 aliphatic carbocycles. The summed E-state index contributed by atoms with van der Waals surface area (Å²) in [5.41, 5.74) is 0.770. The van der Waals surface area contributed by atoms with Crippen LogP contribution in [0.4, 0.5) is 0 Å². The lowest BCUT2D eigenvalue weighted by Gasteiger charge is -2.24. The molecule has 3 aromatic rings. The van der Waals surface area contributed by atoms with Crippen LogP contribution >= 0.6 is 0 Å². The Kier molecular flexibility index (Phi) is 4.29. The molecule has 1 aromatic heterocycles. The molecule has 5 nitrogen and oxygen atoms in total. The summed E-state index contributed by atoms with van der Waals surface area (Å²) < 4.78 is 1.33. The maximum Gasteiger partial charge on any atom is 0.279 e. The van der Waals surface area contributed by atoms with Crippen LogP contribution in [0.1, 0.15) is 36.2 Å². The van der Waals surface area contributed by atoms with Crippen molar-refractivity contribution >= 4 is 16.7 Å². The highest BCUT2D eigenvalue weighted by molar-refractivity contribution is 6.04. The number of carbonyl (C=O) groups is 1. The lowest BCUT2D eigenvalue weighted by atomic mass is 10.1. The van der Waals surface area contributed by atoms with Crippen molar-refractivity contribution in [3.05, 3.63) is 70.6 Å². The fourth-order valence-electron chi connectivity index (χ4n) is 3.72. The van der Waals surface area contributed by atoms with Crippen molar-refractivity contribution in [2.24, 2.45) is 0 Å². The molecule has 1 heterocycles. The first-order valence-corrected chi connectivity index (χ1v) is 9.01. The summed E-state index contributed by atoms with van der Waals surface area (Å²) in [4.78, 5) is 27.9. The van der Waals surface area contributed by atoms with Gasteiger partial charge in [-0.25, -0.2) is 0 Å². The molecule has 0 saturated heterocycles. The maximum atomic E-state index is 13.2. The zero-order chi connectivity index (χ0) is 18.1. The van der Waals surface area contributed by atoms with E-state index in [1.165, 1.54) is 4.68 Å². The SMILES string of the molecule is CN(C(=O)c1nn(-c2ccccc2)c(=O)c2ccccc12)C1CCCC1. The number of rotatable bonds is 3. The molecule has 0 N–H and O–H groups in total. The number of aromatic nitrogens is 2. The monoisotopic (exact) mass is 347 g/mol. The number of hydrogen-bond acceptors (Lipinski definition) is 3. The van der Waals surface area contributed by atoms with Crippen molar-refractivity contribution < 1.29 is 4.79 Å². The molecule has 0 bridgehead atoms. The zero-order valence-corrected chi connectivity index (χ0v) is 14.8. The molecule has 1 saturated carbocycles. The summed E-state index contributed by atoms with van der Waals surface area (Å²) in [5.74, 6) is -0.127. The molecule has 2 aromatic carbocycles. The van der Waals surface area contributed by atoms with Gasteiger partial charge in [0.2, 0.25) is 0 Å². The van der Waals surface area contributed by atoms with Crippen LogP contribution in [0.15, 0.2) is 59.4 Å². The van der Waals surface area contributed by atoms with Gasteiger partial charge >= 0.3 is 0 Å². The summed E-state index contributed by atoms with van der Waals surface area (Å²) in [6.45, 7) is 0. The second kappa shape index (κ2) is 6.75. The third-order valence-electron chi connectivity index (χ3n) is 5.20. The molecule has 0 atom stereocenters. The van der Waals surface area contributed by atoms with E-state index in [2.05, 4.69) is 5.10 Å². The first kappa shape index (κ1) is 16.5. The molecule has 1 amide bonds. The Morgan fingerprint density at radius 3 is 2.31 bits per heavy atom. The fourth-order valence-corrected chi connectivity index (χ4v) is 3.72. The number of fused-ring (bicyclic) bond motifs is 1. The maximum absolute atomic E-state index is 13.2. The topological polar surface area (TPSA) is 55.2 Å². The Bertz CT molecular complexity index is 1000. The van der Waals surface area contributed by atoms with Crippen molar-refractivity contribution in [3.8, 4) is 5.69 Å². The Labute approximate surface area is 151 Å². The summed E-state index contributed by atoms with van der Waals surface area (Å²) in [6, 6.07) is 16.7. The van der Waals surface area contributed by atoms with Crippen molar-refractivity contribution in [3.63, 3.8) is 0 Å². The number of carbonyl (C=O) groups excluding carboxylic acids is 1. The van der Waals surface area contributed by atoms with E-state index in [4.69, 9.17) is 0 Å². The lowest BCUT2D eigenvalue weighted by Crippen LogP contribution is -2.37. The lowest BCUT2D eigenvalue weighted by molar-refractivity contribution is 0.0729. The number of amides is 1. The van der Waals surface area contributed by atoms with E-state index < -0.39 is 0 Å². The second-order valence-corrected chi connectivity index (χ2v) is 6.80. The highest BCUT2D eigenvalue weighted by atomic mass is 16.2. The zero-order valence-electron chi connectivity index (χ0n) is 14.8. The largest absolute Gasteiger partial charge is 0.337 e. The number of nitrogens with zero attached hydrogens (tertiary/aromatic N) is 3. The minimum atomic E-state index is -0.216. The first-order chi connectivity index (χ1) is 12.7. The third kappa shape index (κ3) is 2.79. The van der Waals surface area contributed by atoms with E-state index in [1.807, 2.05) is 49.5 Å². The average molecular weight is 347 g/mol. The van der Waals surface area contributed by atoms with Crippen molar-refractivity contribution in [1.29, 1.82) is 0 Å². The van der Waals surface area contributed by atoms with Crippen molar-refractivity contribution in [2.75, 3.05) is 7.05 Å². The third-order valence-corrected chi connectivity index (χ3v) is 5.20. The van der Waals surface area contributed by atoms with Crippen LogP contribution in [0.3, 0.4) is 0 Å². The molecule has 1 aliphatic rings. The standard InChI is InChI=1S/C21H21N3O2/c1-23(15-9-5-6-10-15)21(26)19-17-13-7-8-14-18(17)20(25)24(22-19)16-11-3-2-4-12-16/h2-4,7-8,11-15H,5-6,9-10H2,1H3. The Balaban J connectivity index is 1.89. The molecule has 0 spiro atoms. The Hall–Kier alpha value is -2.95. The number of hydrogen-bond donors (Lipinski definition) is 0. The van der Waals surface area contributed by atoms with Gasteiger partial charge in [-0.05, 0) is 31.0 Å². The minimum absolute atomic E-state index is 0.127. The fraction of sp³-hybridized carbons (Fsp3) is 0.286. The predicted octanol–water partition coefficient (Wildman–Crippen LogP) is 3.40.